The molecule has 1 unspecified atom stereocenters. The number of ketones is 1. The van der Waals surface area contributed by atoms with E-state index in [1.807, 2.05) is 44.2 Å². The molecule has 7 nitrogen and oxygen atoms in total. The summed E-state index contributed by atoms with van der Waals surface area (Å²) in [5.74, 6) is 0.504. The van der Waals surface area contributed by atoms with Crippen LogP contribution in [-0.4, -0.2) is 38.2 Å². The number of methoxy groups -OCH3 is 2. The number of para-hydroxylation sites is 2. The van der Waals surface area contributed by atoms with E-state index in [-0.39, 0.29) is 17.1 Å². The Balaban J connectivity index is 1.84. The number of anilines is 1. The fourth-order valence-corrected chi connectivity index (χ4v) is 5.34. The highest BCUT2D eigenvalue weighted by Gasteiger charge is 2.47. The minimum Gasteiger partial charge on any atom is -0.495 e. The fraction of sp³-hybridized carbons (Fsp3) is 0.414. The maximum atomic E-state index is 13.8. The molecule has 1 aliphatic heterocycles. The first-order valence-electron chi connectivity index (χ1n) is 12.2. The SMILES string of the molecule is CCOc1ccc([C@H]2C(C(=O)Nc3ccccc3OC)=C(C)N=C3CC(C)(C)CC(=O)C32)cc1OC. The lowest BCUT2D eigenvalue weighted by atomic mass is 9.63. The minimum atomic E-state index is -0.511. The molecule has 1 aliphatic carbocycles. The number of amides is 1. The molecule has 1 amide bonds. The second kappa shape index (κ2) is 10.2. The van der Waals surface area contributed by atoms with Gasteiger partial charge in [-0.25, -0.2) is 0 Å². The molecular formula is C29H34N2O5. The Morgan fingerprint density at radius 3 is 2.44 bits per heavy atom. The summed E-state index contributed by atoms with van der Waals surface area (Å²) in [6.45, 7) is 8.41. The third kappa shape index (κ3) is 4.87. The summed E-state index contributed by atoms with van der Waals surface area (Å²) in [6, 6.07) is 12.9. The zero-order valence-corrected chi connectivity index (χ0v) is 21.8. The Bertz CT molecular complexity index is 1240. The summed E-state index contributed by atoms with van der Waals surface area (Å²) in [5.41, 5.74) is 3.10. The highest BCUT2D eigenvalue weighted by atomic mass is 16.5. The zero-order chi connectivity index (χ0) is 26.0. The van der Waals surface area contributed by atoms with Crippen molar-refractivity contribution in [1.29, 1.82) is 0 Å². The van der Waals surface area contributed by atoms with Crippen molar-refractivity contribution < 1.29 is 23.8 Å². The molecule has 36 heavy (non-hydrogen) atoms. The number of Topliss-reactive ketones (excluding diaryl/α,β-unsaturated/α-hetero) is 1. The molecule has 2 aromatic rings. The first kappa shape index (κ1) is 25.5. The average Bonchev–Trinajstić information content (AvgIpc) is 2.83. The van der Waals surface area contributed by atoms with Crippen LogP contribution in [0.3, 0.4) is 0 Å². The topological polar surface area (TPSA) is 86.2 Å². The normalized spacial score (nSPS) is 20.8. The van der Waals surface area contributed by atoms with Gasteiger partial charge in [-0.2, -0.15) is 0 Å². The summed E-state index contributed by atoms with van der Waals surface area (Å²) in [4.78, 5) is 32.2. The van der Waals surface area contributed by atoms with Crippen LogP contribution in [0, 0.1) is 11.3 Å². The molecule has 2 atom stereocenters. The Morgan fingerprint density at radius 2 is 1.75 bits per heavy atom. The molecule has 4 rings (SSSR count). The van der Waals surface area contributed by atoms with Gasteiger partial charge in [0.2, 0.25) is 0 Å². The molecule has 1 saturated carbocycles. The number of nitrogens with one attached hydrogen (secondary N) is 1. The molecule has 0 aromatic heterocycles. The number of allylic oxidation sites excluding steroid dienone is 1. The largest absolute Gasteiger partial charge is 0.495 e. The second-order valence-corrected chi connectivity index (χ2v) is 10.0. The maximum absolute atomic E-state index is 13.8. The van der Waals surface area contributed by atoms with E-state index in [1.54, 1.807) is 26.4 Å². The molecule has 0 spiro atoms. The van der Waals surface area contributed by atoms with Crippen LogP contribution >= 0.6 is 0 Å². The van der Waals surface area contributed by atoms with Gasteiger partial charge in [0.1, 0.15) is 11.5 Å². The lowest BCUT2D eigenvalue weighted by Gasteiger charge is -2.41. The van der Waals surface area contributed by atoms with Crippen LogP contribution in [0.15, 0.2) is 58.7 Å². The van der Waals surface area contributed by atoms with Crippen LogP contribution < -0.4 is 19.5 Å². The van der Waals surface area contributed by atoms with E-state index in [1.165, 1.54) is 0 Å². The van der Waals surface area contributed by atoms with Crippen molar-refractivity contribution in [3.63, 3.8) is 0 Å². The van der Waals surface area contributed by atoms with E-state index in [4.69, 9.17) is 19.2 Å². The summed E-state index contributed by atoms with van der Waals surface area (Å²) in [5, 5.41) is 2.99. The van der Waals surface area contributed by atoms with Crippen molar-refractivity contribution in [3.8, 4) is 17.2 Å². The highest BCUT2D eigenvalue weighted by Crippen LogP contribution is 2.48. The molecule has 1 fully saturated rings. The molecule has 1 N–H and O–H groups in total. The number of nitrogens with zero attached hydrogens (tertiary/aromatic N) is 1. The van der Waals surface area contributed by atoms with Gasteiger partial charge in [0.05, 0.1) is 32.4 Å². The van der Waals surface area contributed by atoms with Gasteiger partial charge in [0, 0.05) is 29.3 Å². The van der Waals surface area contributed by atoms with Crippen molar-refractivity contribution in [2.24, 2.45) is 16.3 Å². The van der Waals surface area contributed by atoms with Crippen molar-refractivity contribution in [3.05, 3.63) is 59.3 Å². The molecule has 1 heterocycles. The van der Waals surface area contributed by atoms with E-state index in [2.05, 4.69) is 19.2 Å². The number of benzene rings is 2. The second-order valence-electron chi connectivity index (χ2n) is 10.0. The van der Waals surface area contributed by atoms with Crippen LogP contribution in [-0.2, 0) is 9.59 Å². The predicted octanol–water partition coefficient (Wildman–Crippen LogP) is 5.56. The number of rotatable bonds is 7. The first-order chi connectivity index (χ1) is 17.2. The Kier molecular flexibility index (Phi) is 7.20. The van der Waals surface area contributed by atoms with E-state index >= 15 is 0 Å². The summed E-state index contributed by atoms with van der Waals surface area (Å²) < 4.78 is 16.7. The predicted molar refractivity (Wildman–Crippen MR) is 140 cm³/mol. The number of aliphatic imine (C=N–C) groups is 1. The standard InChI is InChI=1S/C29H34N2O5/c1-7-36-23-13-12-18(14-24(23)35-6)26-25(28(33)31-19-10-8-9-11-22(19)34-5)17(2)30-20-15-29(3,4)16-21(32)27(20)26/h8-14,26-27H,7,15-16H2,1-6H3,(H,31,33)/t26-,27?/m0/s1. The number of hydrogen-bond acceptors (Lipinski definition) is 6. The monoisotopic (exact) mass is 490 g/mol. The number of ether oxygens (including phenoxy) is 3. The highest BCUT2D eigenvalue weighted by molar-refractivity contribution is 6.14. The molecule has 0 radical (unpaired) electrons. The molecular weight excluding hydrogens is 456 g/mol. The lowest BCUT2D eigenvalue weighted by molar-refractivity contribution is -0.124. The third-order valence-electron chi connectivity index (χ3n) is 6.81. The molecule has 0 saturated heterocycles. The lowest BCUT2D eigenvalue weighted by Crippen LogP contribution is -2.44. The van der Waals surface area contributed by atoms with E-state index in [9.17, 15) is 9.59 Å². The van der Waals surface area contributed by atoms with Gasteiger partial charge in [-0.15, -0.1) is 0 Å². The van der Waals surface area contributed by atoms with Crippen LogP contribution in [0.25, 0.3) is 0 Å². The van der Waals surface area contributed by atoms with Gasteiger partial charge in [-0.05, 0) is 55.5 Å². The Morgan fingerprint density at radius 1 is 1.03 bits per heavy atom. The maximum Gasteiger partial charge on any atom is 0.254 e. The summed E-state index contributed by atoms with van der Waals surface area (Å²) >= 11 is 0. The molecule has 2 aromatic carbocycles. The van der Waals surface area contributed by atoms with Gasteiger partial charge in [-0.3, -0.25) is 14.6 Å². The van der Waals surface area contributed by atoms with Crippen molar-refractivity contribution in [1.82, 2.24) is 0 Å². The third-order valence-corrected chi connectivity index (χ3v) is 6.81. The number of fused-ring (bicyclic) bond motifs is 1. The Hall–Kier alpha value is -3.61. The van der Waals surface area contributed by atoms with Gasteiger partial charge in [-0.1, -0.05) is 32.0 Å². The van der Waals surface area contributed by atoms with Crippen molar-refractivity contribution in [2.45, 2.75) is 46.5 Å². The van der Waals surface area contributed by atoms with Crippen LogP contribution in [0.1, 0.15) is 52.0 Å². The van der Waals surface area contributed by atoms with E-state index in [0.717, 1.165) is 11.3 Å². The first-order valence-corrected chi connectivity index (χ1v) is 12.2. The van der Waals surface area contributed by atoms with Crippen LogP contribution in [0.2, 0.25) is 0 Å². The summed E-state index contributed by atoms with van der Waals surface area (Å²) in [7, 11) is 3.14. The van der Waals surface area contributed by atoms with Crippen molar-refractivity contribution in [2.75, 3.05) is 26.1 Å². The van der Waals surface area contributed by atoms with Gasteiger partial charge >= 0.3 is 0 Å². The number of carbonyl (C=O) groups is 2. The van der Waals surface area contributed by atoms with Gasteiger partial charge in [0.25, 0.3) is 5.91 Å². The Labute approximate surface area is 212 Å². The van der Waals surface area contributed by atoms with Gasteiger partial charge < -0.3 is 19.5 Å². The van der Waals surface area contributed by atoms with E-state index in [0.29, 0.717) is 53.7 Å². The molecule has 0 bridgehead atoms. The molecule has 190 valence electrons. The van der Waals surface area contributed by atoms with Crippen LogP contribution in [0.5, 0.6) is 17.2 Å². The zero-order valence-electron chi connectivity index (χ0n) is 21.8. The molecule has 2 aliphatic rings. The average molecular weight is 491 g/mol. The van der Waals surface area contributed by atoms with Gasteiger partial charge in [0.15, 0.2) is 11.5 Å². The smallest absolute Gasteiger partial charge is 0.254 e. The summed E-state index contributed by atoms with van der Waals surface area (Å²) in [6.07, 6.45) is 1.13. The van der Waals surface area contributed by atoms with Crippen LogP contribution in [0.4, 0.5) is 5.69 Å². The molecule has 7 heteroatoms. The number of carbonyl (C=O) groups excluding carboxylic acids is 2. The van der Waals surface area contributed by atoms with Crippen molar-refractivity contribution >= 4 is 23.1 Å². The number of hydrogen-bond donors (Lipinski definition) is 1. The van der Waals surface area contributed by atoms with E-state index < -0.39 is 11.8 Å². The minimum absolute atomic E-state index is 0.0953. The fourth-order valence-electron chi connectivity index (χ4n) is 5.34. The quantitative estimate of drug-likeness (QED) is 0.549.